The van der Waals surface area contributed by atoms with Crippen LogP contribution in [0.4, 0.5) is 0 Å². The van der Waals surface area contributed by atoms with E-state index in [0.717, 1.165) is 0 Å². The van der Waals surface area contributed by atoms with Crippen LogP contribution in [0.1, 0.15) is 6.42 Å². The fourth-order valence-corrected chi connectivity index (χ4v) is 2.25. The number of rotatable bonds is 10. The molecule has 0 aliphatic rings. The minimum absolute atomic E-state index is 0.148. The molecule has 100 valence electrons. The van der Waals surface area contributed by atoms with Gasteiger partial charge in [0.05, 0.1) is 19.3 Å². The minimum Gasteiger partial charge on any atom is -0.383 e. The van der Waals surface area contributed by atoms with Gasteiger partial charge in [-0.2, -0.15) is 22.7 Å². The van der Waals surface area contributed by atoms with Gasteiger partial charge >= 0.3 is 0 Å². The molecular weight excluding hydrogens is 246 g/mol. The van der Waals surface area contributed by atoms with E-state index >= 15 is 0 Å². The van der Waals surface area contributed by atoms with Crippen LogP contribution in [0.3, 0.4) is 0 Å². The predicted molar refractivity (Wildman–Crippen MR) is 62.5 cm³/mol. The summed E-state index contributed by atoms with van der Waals surface area (Å²) in [5, 5.41) is 8.48. The van der Waals surface area contributed by atoms with E-state index in [1.165, 1.54) is 18.5 Å². The van der Waals surface area contributed by atoms with Gasteiger partial charge in [-0.05, 0) is 0 Å². The zero-order valence-electron chi connectivity index (χ0n) is 10.2. The molecule has 0 aliphatic heterocycles. The lowest BCUT2D eigenvalue weighted by atomic mass is 10.4. The maximum atomic E-state index is 11.8. The fourth-order valence-electron chi connectivity index (χ4n) is 1.08. The number of ether oxygens (including phenoxy) is 2. The smallest absolute Gasteiger partial charge is 0.279 e. The van der Waals surface area contributed by atoms with Crippen molar-refractivity contribution in [1.82, 2.24) is 9.03 Å². The molecule has 0 saturated carbocycles. The molecule has 0 aromatic heterocycles. The van der Waals surface area contributed by atoms with E-state index in [-0.39, 0.29) is 32.7 Å². The molecule has 0 aliphatic carbocycles. The lowest BCUT2D eigenvalue weighted by molar-refractivity contribution is 0.178. The Morgan fingerprint density at radius 2 is 1.88 bits per heavy atom. The summed E-state index contributed by atoms with van der Waals surface area (Å²) >= 11 is 0. The highest BCUT2D eigenvalue weighted by Crippen LogP contribution is 1.99. The van der Waals surface area contributed by atoms with Crippen molar-refractivity contribution in [1.29, 1.82) is 5.26 Å². The Morgan fingerprint density at radius 1 is 1.24 bits per heavy atom. The van der Waals surface area contributed by atoms with Crippen LogP contribution >= 0.6 is 0 Å². The highest BCUT2D eigenvalue weighted by molar-refractivity contribution is 7.87. The van der Waals surface area contributed by atoms with Crippen LogP contribution in [0.5, 0.6) is 0 Å². The molecule has 0 atom stereocenters. The van der Waals surface area contributed by atoms with E-state index in [0.29, 0.717) is 6.61 Å². The number of nitriles is 1. The van der Waals surface area contributed by atoms with Crippen LogP contribution in [0, 0.1) is 11.3 Å². The average Bonchev–Trinajstić information content (AvgIpc) is 2.29. The third kappa shape index (κ3) is 7.25. The molecule has 0 amide bonds. The van der Waals surface area contributed by atoms with E-state index in [1.54, 1.807) is 0 Å². The molecule has 0 spiro atoms. The Labute approximate surface area is 102 Å². The summed E-state index contributed by atoms with van der Waals surface area (Å²) in [6, 6.07) is 1.91. The number of nitrogens with one attached hydrogen (secondary N) is 1. The van der Waals surface area contributed by atoms with Crippen molar-refractivity contribution >= 4 is 10.2 Å². The molecule has 0 aromatic rings. The molecule has 0 saturated heterocycles. The summed E-state index contributed by atoms with van der Waals surface area (Å²) in [5.41, 5.74) is 0. The summed E-state index contributed by atoms with van der Waals surface area (Å²) in [6.45, 7) is 1.17. The largest absolute Gasteiger partial charge is 0.383 e. The lowest BCUT2D eigenvalue weighted by Gasteiger charge is -2.20. The van der Waals surface area contributed by atoms with Crippen molar-refractivity contribution in [2.75, 3.05) is 47.1 Å². The Morgan fingerprint density at radius 3 is 2.41 bits per heavy atom. The van der Waals surface area contributed by atoms with Gasteiger partial charge in [0.1, 0.15) is 0 Å². The van der Waals surface area contributed by atoms with E-state index in [2.05, 4.69) is 4.72 Å². The van der Waals surface area contributed by atoms with Crippen LogP contribution in [-0.2, 0) is 19.7 Å². The Balaban J connectivity index is 4.36. The summed E-state index contributed by atoms with van der Waals surface area (Å²) in [7, 11) is -0.581. The van der Waals surface area contributed by atoms with Crippen molar-refractivity contribution in [3.05, 3.63) is 0 Å². The molecular formula is C9H19N3O4S. The lowest BCUT2D eigenvalue weighted by Crippen LogP contribution is -2.43. The van der Waals surface area contributed by atoms with Gasteiger partial charge in [0.25, 0.3) is 10.2 Å². The molecule has 7 nitrogen and oxygen atoms in total. The number of hydrogen-bond acceptors (Lipinski definition) is 5. The van der Waals surface area contributed by atoms with Gasteiger partial charge in [-0.3, -0.25) is 0 Å². The second kappa shape index (κ2) is 9.32. The van der Waals surface area contributed by atoms with Crippen molar-refractivity contribution < 1.29 is 17.9 Å². The standard InChI is InChI=1S/C9H19N3O4S/c1-15-8-5-11-17(13,14)12(6-3-4-10)7-9-16-2/h11H,3,5-9H2,1-2H3. The van der Waals surface area contributed by atoms with Crippen molar-refractivity contribution in [3.63, 3.8) is 0 Å². The molecule has 0 rings (SSSR count). The zero-order valence-corrected chi connectivity index (χ0v) is 11.0. The molecule has 0 aromatic carbocycles. The van der Waals surface area contributed by atoms with Crippen LogP contribution < -0.4 is 4.72 Å². The van der Waals surface area contributed by atoms with Crippen LogP contribution in [0.2, 0.25) is 0 Å². The highest BCUT2D eigenvalue weighted by Gasteiger charge is 2.20. The Bertz CT molecular complexity index is 326. The molecule has 8 heteroatoms. The summed E-state index contributed by atoms with van der Waals surface area (Å²) in [6.07, 6.45) is 0.148. The highest BCUT2D eigenvalue weighted by atomic mass is 32.2. The number of hydrogen-bond donors (Lipinski definition) is 1. The van der Waals surface area contributed by atoms with Gasteiger partial charge in [-0.15, -0.1) is 0 Å². The summed E-state index contributed by atoms with van der Waals surface area (Å²) in [5.74, 6) is 0. The van der Waals surface area contributed by atoms with Crippen LogP contribution in [0.25, 0.3) is 0 Å². The average molecular weight is 265 g/mol. The SMILES string of the molecule is COCCNS(=O)(=O)N(CCC#N)CCOC. The fraction of sp³-hybridized carbons (Fsp3) is 0.889. The first kappa shape index (κ1) is 16.3. The van der Waals surface area contributed by atoms with Crippen molar-refractivity contribution in [2.45, 2.75) is 6.42 Å². The molecule has 0 fully saturated rings. The molecule has 0 heterocycles. The van der Waals surface area contributed by atoms with E-state index in [1.807, 2.05) is 6.07 Å². The number of nitrogens with zero attached hydrogens (tertiary/aromatic N) is 2. The second-order valence-corrected chi connectivity index (χ2v) is 4.95. The van der Waals surface area contributed by atoms with E-state index in [4.69, 9.17) is 14.7 Å². The maximum Gasteiger partial charge on any atom is 0.279 e. The quantitative estimate of drug-likeness (QED) is 0.529. The minimum atomic E-state index is -3.57. The van der Waals surface area contributed by atoms with E-state index in [9.17, 15) is 8.42 Å². The topological polar surface area (TPSA) is 91.7 Å². The predicted octanol–water partition coefficient (Wildman–Crippen LogP) is -0.671. The van der Waals surface area contributed by atoms with Gasteiger partial charge in [0, 0.05) is 40.3 Å². The molecule has 1 N–H and O–H groups in total. The normalized spacial score (nSPS) is 11.6. The van der Waals surface area contributed by atoms with Crippen LogP contribution in [-0.4, -0.2) is 59.8 Å². The Kier molecular flexibility index (Phi) is 8.93. The summed E-state index contributed by atoms with van der Waals surface area (Å²) in [4.78, 5) is 0. The molecule has 17 heavy (non-hydrogen) atoms. The number of methoxy groups -OCH3 is 2. The third-order valence-electron chi connectivity index (χ3n) is 1.95. The van der Waals surface area contributed by atoms with Crippen molar-refractivity contribution in [2.24, 2.45) is 0 Å². The molecule has 0 bridgehead atoms. The van der Waals surface area contributed by atoms with Crippen LogP contribution in [0.15, 0.2) is 0 Å². The van der Waals surface area contributed by atoms with Gasteiger partial charge in [-0.1, -0.05) is 0 Å². The van der Waals surface area contributed by atoms with Gasteiger partial charge in [0.15, 0.2) is 0 Å². The first-order chi connectivity index (χ1) is 8.08. The third-order valence-corrected chi connectivity index (χ3v) is 3.56. The molecule has 0 unspecified atom stereocenters. The molecule has 0 radical (unpaired) electrons. The van der Waals surface area contributed by atoms with Crippen molar-refractivity contribution in [3.8, 4) is 6.07 Å². The first-order valence-corrected chi connectivity index (χ1v) is 6.62. The van der Waals surface area contributed by atoms with Gasteiger partial charge in [0.2, 0.25) is 0 Å². The zero-order chi connectivity index (χ0) is 13.1. The first-order valence-electron chi connectivity index (χ1n) is 5.18. The maximum absolute atomic E-state index is 11.8. The monoisotopic (exact) mass is 265 g/mol. The second-order valence-electron chi connectivity index (χ2n) is 3.19. The van der Waals surface area contributed by atoms with Gasteiger partial charge < -0.3 is 9.47 Å². The van der Waals surface area contributed by atoms with E-state index < -0.39 is 10.2 Å². The van der Waals surface area contributed by atoms with Gasteiger partial charge in [-0.25, -0.2) is 0 Å². The Hall–Kier alpha value is -0.720. The summed E-state index contributed by atoms with van der Waals surface area (Å²) < 4.78 is 36.8.